The molecule has 9 rings (SSSR count). The van der Waals surface area contributed by atoms with Gasteiger partial charge in [0.05, 0.1) is 11.0 Å². The highest BCUT2D eigenvalue weighted by Gasteiger charge is 2.52. The third-order valence-electron chi connectivity index (χ3n) is 9.80. The van der Waals surface area contributed by atoms with Crippen molar-refractivity contribution >= 4 is 11.0 Å². The summed E-state index contributed by atoms with van der Waals surface area (Å²) in [6, 6.07) is 33.7. The molecular formula is C37H36N2O2. The van der Waals surface area contributed by atoms with Gasteiger partial charge in [-0.15, -0.1) is 0 Å². The molecule has 0 saturated heterocycles. The van der Waals surface area contributed by atoms with Crippen LogP contribution in [-0.4, -0.2) is 9.97 Å². The number of rotatable bonds is 8. The molecule has 1 heterocycles. The van der Waals surface area contributed by atoms with Crippen molar-refractivity contribution < 1.29 is 9.47 Å². The lowest BCUT2D eigenvalue weighted by Gasteiger charge is -2.57. The SMILES string of the molecule is c1ccc(COc2ccc3nc(-c4ccc(C56CC7CC(CC(C7)C5)C6)c(OCc5ccccc5)c4)[nH]c3c2)cc1. The minimum Gasteiger partial charge on any atom is -0.489 e. The van der Waals surface area contributed by atoms with Crippen LogP contribution in [0.3, 0.4) is 0 Å². The van der Waals surface area contributed by atoms with Gasteiger partial charge in [0.25, 0.3) is 0 Å². The zero-order valence-corrected chi connectivity index (χ0v) is 23.4. The predicted molar refractivity (Wildman–Crippen MR) is 163 cm³/mol. The number of nitrogens with one attached hydrogen (secondary N) is 1. The average Bonchev–Trinajstić information content (AvgIpc) is 3.43. The first-order valence-electron chi connectivity index (χ1n) is 15.2. The number of fused-ring (bicyclic) bond motifs is 1. The van der Waals surface area contributed by atoms with Crippen LogP contribution in [0.25, 0.3) is 22.4 Å². The van der Waals surface area contributed by atoms with Crippen molar-refractivity contribution in [1.29, 1.82) is 0 Å². The largest absolute Gasteiger partial charge is 0.489 e. The normalized spacial score (nSPS) is 24.5. The zero-order chi connectivity index (χ0) is 27.2. The van der Waals surface area contributed by atoms with Gasteiger partial charge in [0.15, 0.2) is 0 Å². The Morgan fingerprint density at radius 2 is 1.32 bits per heavy atom. The smallest absolute Gasteiger partial charge is 0.138 e. The second-order valence-corrected chi connectivity index (χ2v) is 12.7. The van der Waals surface area contributed by atoms with E-state index in [9.17, 15) is 0 Å². The topological polar surface area (TPSA) is 47.1 Å². The first-order valence-corrected chi connectivity index (χ1v) is 15.2. The highest BCUT2D eigenvalue weighted by atomic mass is 16.5. The fraction of sp³-hybridized carbons (Fsp3) is 0.324. The van der Waals surface area contributed by atoms with Crippen LogP contribution >= 0.6 is 0 Å². The van der Waals surface area contributed by atoms with Gasteiger partial charge in [0.2, 0.25) is 0 Å². The van der Waals surface area contributed by atoms with Crippen molar-refractivity contribution in [1.82, 2.24) is 9.97 Å². The van der Waals surface area contributed by atoms with Crippen LogP contribution in [0.1, 0.15) is 55.2 Å². The molecule has 4 aromatic carbocycles. The standard InChI is InChI=1S/C37H36N2O2/c1-3-7-25(8-4-1)23-40-31-12-14-33-34(19-31)39-36(38-33)30-11-13-32(35(18-30)41-24-26-9-5-2-6-10-26)37-20-27-15-28(21-37)17-29(16-27)22-37/h1-14,18-19,27-29H,15-17,20-24H2,(H,38,39). The summed E-state index contributed by atoms with van der Waals surface area (Å²) < 4.78 is 12.8. The monoisotopic (exact) mass is 540 g/mol. The molecular weight excluding hydrogens is 504 g/mol. The van der Waals surface area contributed by atoms with Crippen LogP contribution in [0.5, 0.6) is 11.5 Å². The van der Waals surface area contributed by atoms with Gasteiger partial charge in [-0.05, 0) is 91.0 Å². The first kappa shape index (κ1) is 24.7. The van der Waals surface area contributed by atoms with E-state index in [0.29, 0.717) is 13.2 Å². The summed E-state index contributed by atoms with van der Waals surface area (Å²) in [6.07, 6.45) is 8.26. The Morgan fingerprint density at radius 3 is 1.98 bits per heavy atom. The molecule has 0 radical (unpaired) electrons. The van der Waals surface area contributed by atoms with Gasteiger partial charge < -0.3 is 14.5 Å². The lowest BCUT2D eigenvalue weighted by Crippen LogP contribution is -2.48. The quantitative estimate of drug-likeness (QED) is 0.214. The van der Waals surface area contributed by atoms with E-state index in [-0.39, 0.29) is 5.41 Å². The molecule has 4 aliphatic rings. The Balaban J connectivity index is 1.11. The van der Waals surface area contributed by atoms with Crippen molar-refractivity contribution in [2.45, 2.75) is 57.2 Å². The molecule has 206 valence electrons. The van der Waals surface area contributed by atoms with E-state index in [1.807, 2.05) is 36.4 Å². The lowest BCUT2D eigenvalue weighted by molar-refractivity contribution is -0.00646. The summed E-state index contributed by atoms with van der Waals surface area (Å²) in [5.41, 5.74) is 7.00. The van der Waals surface area contributed by atoms with Gasteiger partial charge in [0.1, 0.15) is 30.5 Å². The molecule has 4 saturated carbocycles. The summed E-state index contributed by atoms with van der Waals surface area (Å²) in [6.45, 7) is 1.12. The van der Waals surface area contributed by atoms with Crippen molar-refractivity contribution in [3.05, 3.63) is 114 Å². The van der Waals surface area contributed by atoms with Gasteiger partial charge in [-0.25, -0.2) is 4.98 Å². The van der Waals surface area contributed by atoms with Gasteiger partial charge >= 0.3 is 0 Å². The number of aromatic amines is 1. The molecule has 0 aliphatic heterocycles. The Hall–Kier alpha value is -4.05. The number of aromatic nitrogens is 2. The van der Waals surface area contributed by atoms with Crippen LogP contribution < -0.4 is 9.47 Å². The number of ether oxygens (including phenoxy) is 2. The Morgan fingerprint density at radius 1 is 0.683 bits per heavy atom. The molecule has 1 aromatic heterocycles. The van der Waals surface area contributed by atoms with Crippen LogP contribution in [0.4, 0.5) is 0 Å². The van der Waals surface area contributed by atoms with Crippen LogP contribution in [0, 0.1) is 17.8 Å². The van der Waals surface area contributed by atoms with Gasteiger partial charge in [-0.2, -0.15) is 0 Å². The number of hydrogen-bond donors (Lipinski definition) is 1. The maximum Gasteiger partial charge on any atom is 0.138 e. The fourth-order valence-electron chi connectivity index (χ4n) is 8.36. The third-order valence-corrected chi connectivity index (χ3v) is 9.80. The molecule has 4 bridgehead atoms. The zero-order valence-electron chi connectivity index (χ0n) is 23.4. The molecule has 4 heteroatoms. The second kappa shape index (κ2) is 10.1. The molecule has 0 atom stereocenters. The Bertz CT molecular complexity index is 1640. The van der Waals surface area contributed by atoms with E-state index in [0.717, 1.165) is 57.2 Å². The second-order valence-electron chi connectivity index (χ2n) is 12.7. The maximum atomic E-state index is 6.68. The number of benzene rings is 4. The fourth-order valence-corrected chi connectivity index (χ4v) is 8.36. The Kier molecular flexibility index (Phi) is 6.09. The predicted octanol–water partition coefficient (Wildman–Crippen LogP) is 8.86. The van der Waals surface area contributed by atoms with E-state index in [2.05, 4.69) is 65.6 Å². The van der Waals surface area contributed by atoms with Crippen molar-refractivity contribution in [3.63, 3.8) is 0 Å². The minimum atomic E-state index is 0.262. The number of nitrogens with zero attached hydrogens (tertiary/aromatic N) is 1. The van der Waals surface area contributed by atoms with Crippen LogP contribution in [-0.2, 0) is 18.6 Å². The number of hydrogen-bond acceptors (Lipinski definition) is 3. The highest BCUT2D eigenvalue weighted by molar-refractivity contribution is 5.81. The average molecular weight is 541 g/mol. The molecule has 1 N–H and O–H groups in total. The first-order chi connectivity index (χ1) is 20.2. The molecule has 0 amide bonds. The van der Waals surface area contributed by atoms with Gasteiger partial charge in [-0.3, -0.25) is 0 Å². The van der Waals surface area contributed by atoms with Crippen molar-refractivity contribution in [2.75, 3.05) is 0 Å². The lowest BCUT2D eigenvalue weighted by atomic mass is 9.48. The van der Waals surface area contributed by atoms with E-state index in [4.69, 9.17) is 14.5 Å². The van der Waals surface area contributed by atoms with Gasteiger partial charge in [0, 0.05) is 17.2 Å². The molecule has 5 aromatic rings. The van der Waals surface area contributed by atoms with E-state index >= 15 is 0 Å². The van der Waals surface area contributed by atoms with Crippen molar-refractivity contribution in [2.24, 2.45) is 17.8 Å². The molecule has 4 fully saturated rings. The summed E-state index contributed by atoms with van der Waals surface area (Å²) in [5.74, 6) is 5.38. The van der Waals surface area contributed by atoms with E-state index < -0.39 is 0 Å². The molecule has 4 aliphatic carbocycles. The molecule has 0 unspecified atom stereocenters. The summed E-state index contributed by atoms with van der Waals surface area (Å²) in [4.78, 5) is 8.52. The van der Waals surface area contributed by atoms with Gasteiger partial charge in [-0.1, -0.05) is 72.8 Å². The molecule has 4 nitrogen and oxygen atoms in total. The van der Waals surface area contributed by atoms with Crippen LogP contribution in [0.2, 0.25) is 0 Å². The van der Waals surface area contributed by atoms with Crippen molar-refractivity contribution in [3.8, 4) is 22.9 Å². The maximum absolute atomic E-state index is 6.68. The number of imidazole rings is 1. The molecule has 0 spiro atoms. The summed E-state index contributed by atoms with van der Waals surface area (Å²) >= 11 is 0. The van der Waals surface area contributed by atoms with Crippen LogP contribution in [0.15, 0.2) is 97.1 Å². The molecule has 41 heavy (non-hydrogen) atoms. The summed E-state index contributed by atoms with van der Waals surface area (Å²) in [5, 5.41) is 0. The third kappa shape index (κ3) is 4.80. The number of H-pyrrole nitrogens is 1. The van der Waals surface area contributed by atoms with E-state index in [1.165, 1.54) is 49.7 Å². The Labute approximate surface area is 241 Å². The summed E-state index contributed by atoms with van der Waals surface area (Å²) in [7, 11) is 0. The minimum absolute atomic E-state index is 0.262. The highest BCUT2D eigenvalue weighted by Crippen LogP contribution is 2.62. The van der Waals surface area contributed by atoms with E-state index in [1.54, 1.807) is 0 Å².